The fourth-order valence-corrected chi connectivity index (χ4v) is 2.02. The number of cyclic esters (lactones) is 1. The van der Waals surface area contributed by atoms with Gasteiger partial charge in [-0.3, -0.25) is 0 Å². The van der Waals surface area contributed by atoms with E-state index >= 15 is 0 Å². The first-order valence-electron chi connectivity index (χ1n) is 6.10. The third-order valence-corrected chi connectivity index (χ3v) is 2.92. The molecule has 0 fully saturated rings. The largest absolute Gasteiger partial charge is 0.487 e. The van der Waals surface area contributed by atoms with Crippen molar-refractivity contribution in [1.29, 1.82) is 0 Å². The van der Waals surface area contributed by atoms with Crippen LogP contribution >= 0.6 is 11.6 Å². The molecule has 1 aromatic carbocycles. The van der Waals surface area contributed by atoms with Gasteiger partial charge >= 0.3 is 5.97 Å². The second-order valence-corrected chi connectivity index (χ2v) is 4.37. The number of carbonyl (C=O) groups excluding carboxylic acids is 1. The molecule has 2 rings (SSSR count). The van der Waals surface area contributed by atoms with E-state index in [1.807, 2.05) is 6.92 Å². The molecule has 0 saturated carbocycles. The van der Waals surface area contributed by atoms with Crippen LogP contribution in [0.3, 0.4) is 0 Å². The molecule has 0 aliphatic carbocycles. The van der Waals surface area contributed by atoms with Crippen LogP contribution in [0, 0.1) is 0 Å². The summed E-state index contributed by atoms with van der Waals surface area (Å²) < 4.78 is 16.2. The summed E-state index contributed by atoms with van der Waals surface area (Å²) in [6, 6.07) is 6.96. The lowest BCUT2D eigenvalue weighted by Gasteiger charge is -2.25. The number of halogens is 1. The highest BCUT2D eigenvalue weighted by molar-refractivity contribution is 6.30. The third-order valence-electron chi connectivity index (χ3n) is 2.67. The molecule has 0 radical (unpaired) electrons. The quantitative estimate of drug-likeness (QED) is 0.779. The average molecular weight is 283 g/mol. The summed E-state index contributed by atoms with van der Waals surface area (Å²) in [6.07, 6.45) is 1.56. The van der Waals surface area contributed by atoms with Crippen molar-refractivity contribution in [3.05, 3.63) is 46.7 Å². The molecule has 0 aromatic heterocycles. The SMILES string of the molecule is CCOC1=CC(OCC)(c2ccc(Cl)cc2)OC1=O. The second-order valence-electron chi connectivity index (χ2n) is 3.94. The summed E-state index contributed by atoms with van der Waals surface area (Å²) in [5.74, 6) is -1.57. The summed E-state index contributed by atoms with van der Waals surface area (Å²) in [4.78, 5) is 11.8. The van der Waals surface area contributed by atoms with Gasteiger partial charge in [-0.25, -0.2) is 4.79 Å². The summed E-state index contributed by atoms with van der Waals surface area (Å²) in [5, 5.41) is 0.605. The average Bonchev–Trinajstić information content (AvgIpc) is 2.69. The molecule has 1 heterocycles. The molecule has 1 atom stereocenters. The molecule has 0 spiro atoms. The van der Waals surface area contributed by atoms with Gasteiger partial charge in [-0.05, 0) is 26.0 Å². The molecule has 1 aliphatic rings. The van der Waals surface area contributed by atoms with Crippen molar-refractivity contribution in [2.75, 3.05) is 13.2 Å². The van der Waals surface area contributed by atoms with Gasteiger partial charge in [0.1, 0.15) is 0 Å². The van der Waals surface area contributed by atoms with Crippen molar-refractivity contribution in [1.82, 2.24) is 0 Å². The molecule has 1 aliphatic heterocycles. The molecule has 0 saturated heterocycles. The number of esters is 1. The first-order valence-corrected chi connectivity index (χ1v) is 6.48. The van der Waals surface area contributed by atoms with Crippen LogP contribution in [0.25, 0.3) is 0 Å². The van der Waals surface area contributed by atoms with E-state index in [0.29, 0.717) is 23.8 Å². The van der Waals surface area contributed by atoms with E-state index in [9.17, 15) is 4.79 Å². The summed E-state index contributed by atoms with van der Waals surface area (Å²) >= 11 is 5.86. The van der Waals surface area contributed by atoms with E-state index in [1.165, 1.54) is 0 Å². The van der Waals surface area contributed by atoms with Crippen LogP contribution in [0.5, 0.6) is 0 Å². The van der Waals surface area contributed by atoms with Gasteiger partial charge in [0.25, 0.3) is 5.79 Å². The summed E-state index contributed by atoms with van der Waals surface area (Å²) in [7, 11) is 0. The Bertz CT molecular complexity index is 495. The van der Waals surface area contributed by atoms with Gasteiger partial charge in [-0.15, -0.1) is 0 Å². The minimum absolute atomic E-state index is 0.172. The van der Waals surface area contributed by atoms with Crippen molar-refractivity contribution < 1.29 is 19.0 Å². The van der Waals surface area contributed by atoms with Crippen LogP contribution in [0.1, 0.15) is 19.4 Å². The molecular formula is C14H15ClO4. The van der Waals surface area contributed by atoms with Crippen LogP contribution in [0.2, 0.25) is 5.02 Å². The van der Waals surface area contributed by atoms with E-state index in [4.69, 9.17) is 25.8 Å². The molecule has 4 nitrogen and oxygen atoms in total. The Balaban J connectivity index is 2.39. The van der Waals surface area contributed by atoms with Crippen LogP contribution in [-0.4, -0.2) is 19.2 Å². The van der Waals surface area contributed by atoms with Gasteiger partial charge in [0.15, 0.2) is 0 Å². The summed E-state index contributed by atoms with van der Waals surface area (Å²) in [5.41, 5.74) is 0.696. The van der Waals surface area contributed by atoms with Crippen LogP contribution < -0.4 is 0 Å². The molecule has 19 heavy (non-hydrogen) atoms. The van der Waals surface area contributed by atoms with Crippen LogP contribution in [-0.2, 0) is 24.8 Å². The maximum Gasteiger partial charge on any atom is 0.376 e. The Morgan fingerprint density at radius 3 is 2.47 bits per heavy atom. The van der Waals surface area contributed by atoms with Crippen molar-refractivity contribution in [3.63, 3.8) is 0 Å². The number of carbonyl (C=O) groups is 1. The van der Waals surface area contributed by atoms with Crippen LogP contribution in [0.15, 0.2) is 36.1 Å². The van der Waals surface area contributed by atoms with Crippen molar-refractivity contribution in [3.8, 4) is 0 Å². The normalized spacial score (nSPS) is 22.1. The first-order chi connectivity index (χ1) is 9.11. The Morgan fingerprint density at radius 1 is 1.21 bits per heavy atom. The van der Waals surface area contributed by atoms with E-state index in [2.05, 4.69) is 0 Å². The van der Waals surface area contributed by atoms with Gasteiger partial charge in [0.2, 0.25) is 5.76 Å². The fourth-order valence-electron chi connectivity index (χ4n) is 1.90. The number of hydrogen-bond acceptors (Lipinski definition) is 4. The monoisotopic (exact) mass is 282 g/mol. The van der Waals surface area contributed by atoms with Crippen molar-refractivity contribution in [2.24, 2.45) is 0 Å². The number of benzene rings is 1. The molecular weight excluding hydrogens is 268 g/mol. The Morgan fingerprint density at radius 2 is 1.89 bits per heavy atom. The first kappa shape index (κ1) is 13.9. The smallest absolute Gasteiger partial charge is 0.376 e. The topological polar surface area (TPSA) is 44.8 Å². The lowest BCUT2D eigenvalue weighted by molar-refractivity contribution is -0.202. The van der Waals surface area contributed by atoms with Gasteiger partial charge in [0.05, 0.1) is 6.61 Å². The molecule has 5 heteroatoms. The van der Waals surface area contributed by atoms with Gasteiger partial charge < -0.3 is 14.2 Å². The molecule has 0 bridgehead atoms. The number of ether oxygens (including phenoxy) is 3. The number of hydrogen-bond donors (Lipinski definition) is 0. The highest BCUT2D eigenvalue weighted by atomic mass is 35.5. The number of rotatable bonds is 5. The van der Waals surface area contributed by atoms with Gasteiger partial charge in [-0.2, -0.15) is 0 Å². The lowest BCUT2D eigenvalue weighted by atomic mass is 10.1. The second kappa shape index (κ2) is 5.63. The van der Waals surface area contributed by atoms with Crippen molar-refractivity contribution >= 4 is 17.6 Å². The van der Waals surface area contributed by atoms with Gasteiger partial charge in [0, 0.05) is 23.3 Å². The zero-order valence-corrected chi connectivity index (χ0v) is 11.6. The van der Waals surface area contributed by atoms with E-state index in [1.54, 1.807) is 37.3 Å². The maximum absolute atomic E-state index is 11.8. The fraction of sp³-hybridized carbons (Fsp3) is 0.357. The molecule has 0 amide bonds. The maximum atomic E-state index is 11.8. The van der Waals surface area contributed by atoms with Crippen molar-refractivity contribution in [2.45, 2.75) is 19.6 Å². The predicted molar refractivity (Wildman–Crippen MR) is 70.6 cm³/mol. The Kier molecular flexibility index (Phi) is 4.12. The summed E-state index contributed by atoms with van der Waals surface area (Å²) in [6.45, 7) is 4.42. The minimum Gasteiger partial charge on any atom is -0.487 e. The lowest BCUT2D eigenvalue weighted by Crippen LogP contribution is -2.29. The predicted octanol–water partition coefficient (Wildman–Crippen LogP) is 3.01. The van der Waals surface area contributed by atoms with E-state index in [-0.39, 0.29) is 5.76 Å². The highest BCUT2D eigenvalue weighted by Crippen LogP contribution is 2.36. The Labute approximate surface area is 116 Å². The van der Waals surface area contributed by atoms with Crippen LogP contribution in [0.4, 0.5) is 0 Å². The molecule has 1 unspecified atom stereocenters. The minimum atomic E-state index is -1.22. The molecule has 1 aromatic rings. The zero-order valence-electron chi connectivity index (χ0n) is 10.8. The van der Waals surface area contributed by atoms with Gasteiger partial charge in [-0.1, -0.05) is 23.7 Å². The zero-order chi connectivity index (χ0) is 13.9. The van der Waals surface area contributed by atoms with E-state index < -0.39 is 11.8 Å². The highest BCUT2D eigenvalue weighted by Gasteiger charge is 2.43. The molecule has 0 N–H and O–H groups in total. The standard InChI is InChI=1S/C14H15ClO4/c1-3-17-12-9-14(18-4-2,19-13(12)16)10-5-7-11(15)8-6-10/h5-9H,3-4H2,1-2H3. The molecule has 102 valence electrons. The Hall–Kier alpha value is -1.52. The third kappa shape index (κ3) is 2.74. The van der Waals surface area contributed by atoms with E-state index in [0.717, 1.165) is 0 Å².